The Hall–Kier alpha value is -7.30. The maximum Gasteiger partial charge on any atom is 0.159 e. The molecular formula is C54H40N4. The first-order chi connectivity index (χ1) is 28.5. The molecule has 4 nitrogen and oxygen atoms in total. The van der Waals surface area contributed by atoms with Gasteiger partial charge in [0.25, 0.3) is 0 Å². The lowest BCUT2D eigenvalue weighted by molar-refractivity contribution is 0.660. The normalized spacial score (nSPS) is 15.4. The number of benzene rings is 8. The number of rotatable bonds is 6. The Morgan fingerprint density at radius 2 is 1.05 bits per heavy atom. The van der Waals surface area contributed by atoms with Crippen LogP contribution in [0.25, 0.3) is 60.9 Å². The highest BCUT2D eigenvalue weighted by Gasteiger charge is 2.35. The molecule has 0 saturated carbocycles. The maximum atomic E-state index is 5.04. The molecule has 1 N–H and O–H groups in total. The van der Waals surface area contributed by atoms with Crippen LogP contribution in [0.1, 0.15) is 47.8 Å². The predicted molar refractivity (Wildman–Crippen MR) is 241 cm³/mol. The van der Waals surface area contributed by atoms with Crippen LogP contribution in [0.5, 0.6) is 0 Å². The van der Waals surface area contributed by atoms with Crippen LogP contribution in [0.4, 0.5) is 0 Å². The number of fused-ring (bicyclic) bond motifs is 6. The molecular weight excluding hydrogens is 705 g/mol. The number of aliphatic imine (C=N–C) groups is 2. The molecule has 4 heteroatoms. The van der Waals surface area contributed by atoms with Gasteiger partial charge in [-0.3, -0.25) is 0 Å². The number of hydrogen-bond acceptors (Lipinski definition) is 3. The molecule has 1 unspecified atom stereocenters. The van der Waals surface area contributed by atoms with E-state index in [2.05, 4.69) is 194 Å². The van der Waals surface area contributed by atoms with Crippen LogP contribution in [0.2, 0.25) is 0 Å². The standard InChI is InChI=1S/C54H40N4/c1-54(2)47-19-11-9-17-43(47)44-31-27-40(33-48(44)54)35-21-23-36(24-22-35)41-28-32-46-45-18-10-12-20-49(45)58(50(46)34-41)42-29-25-39(26-30-42)53-56-51(37-13-5-3-6-14-37)55-52(57-53)38-15-7-4-8-16-38/h3-34,51H,1-2H3,(H,55,56,57). The summed E-state index contributed by atoms with van der Waals surface area (Å²) in [5, 5.41) is 6.08. The highest BCUT2D eigenvalue weighted by Crippen LogP contribution is 2.49. The largest absolute Gasteiger partial charge is 0.344 e. The smallest absolute Gasteiger partial charge is 0.159 e. The molecule has 58 heavy (non-hydrogen) atoms. The van der Waals surface area contributed by atoms with Crippen molar-refractivity contribution in [1.82, 2.24) is 9.88 Å². The van der Waals surface area contributed by atoms with Gasteiger partial charge in [-0.1, -0.05) is 166 Å². The lowest BCUT2D eigenvalue weighted by Crippen LogP contribution is -2.33. The van der Waals surface area contributed by atoms with Crippen LogP contribution in [-0.2, 0) is 5.41 Å². The van der Waals surface area contributed by atoms with Gasteiger partial charge in [-0.05, 0) is 92.5 Å². The predicted octanol–water partition coefficient (Wildman–Crippen LogP) is 12.9. The Kier molecular flexibility index (Phi) is 7.87. The summed E-state index contributed by atoms with van der Waals surface area (Å²) >= 11 is 0. The molecule has 1 aliphatic heterocycles. The Labute approximate surface area is 338 Å². The van der Waals surface area contributed by atoms with E-state index in [9.17, 15) is 0 Å². The lowest BCUT2D eigenvalue weighted by Gasteiger charge is -2.23. The van der Waals surface area contributed by atoms with Gasteiger partial charge in [0.15, 0.2) is 5.84 Å². The number of hydrogen-bond donors (Lipinski definition) is 1. The van der Waals surface area contributed by atoms with Crippen LogP contribution in [-0.4, -0.2) is 16.2 Å². The van der Waals surface area contributed by atoms with Crippen molar-refractivity contribution in [2.45, 2.75) is 25.4 Å². The molecule has 1 atom stereocenters. The quantitative estimate of drug-likeness (QED) is 0.181. The molecule has 0 amide bonds. The number of aromatic nitrogens is 1. The minimum atomic E-state index is -0.244. The third-order valence-electron chi connectivity index (χ3n) is 12.1. The average Bonchev–Trinajstić information content (AvgIpc) is 3.74. The Bertz CT molecular complexity index is 3080. The van der Waals surface area contributed by atoms with Gasteiger partial charge in [-0.25, -0.2) is 9.98 Å². The molecule has 2 heterocycles. The third kappa shape index (κ3) is 5.60. The summed E-state index contributed by atoms with van der Waals surface area (Å²) < 4.78 is 2.39. The average molecular weight is 745 g/mol. The van der Waals surface area contributed by atoms with E-state index < -0.39 is 0 Å². The van der Waals surface area contributed by atoms with E-state index in [1.165, 1.54) is 66.3 Å². The number of nitrogens with one attached hydrogen (secondary N) is 1. The van der Waals surface area contributed by atoms with Gasteiger partial charge in [0.2, 0.25) is 0 Å². The Balaban J connectivity index is 0.936. The van der Waals surface area contributed by atoms with Crippen LogP contribution in [0.3, 0.4) is 0 Å². The zero-order valence-electron chi connectivity index (χ0n) is 32.4. The van der Waals surface area contributed by atoms with Gasteiger partial charge in [-0.2, -0.15) is 0 Å². The van der Waals surface area contributed by atoms with E-state index >= 15 is 0 Å². The first-order valence-electron chi connectivity index (χ1n) is 20.0. The van der Waals surface area contributed by atoms with Crippen LogP contribution in [0, 0.1) is 0 Å². The maximum absolute atomic E-state index is 5.04. The van der Waals surface area contributed by atoms with E-state index in [1.54, 1.807) is 0 Å². The van der Waals surface area contributed by atoms with Gasteiger partial charge in [-0.15, -0.1) is 0 Å². The molecule has 0 saturated heterocycles. The molecule has 1 aromatic heterocycles. The van der Waals surface area contributed by atoms with E-state index in [0.29, 0.717) is 0 Å². The Morgan fingerprint density at radius 1 is 0.466 bits per heavy atom. The van der Waals surface area contributed by atoms with Crippen molar-refractivity contribution in [3.05, 3.63) is 222 Å². The summed E-state index contributed by atoms with van der Waals surface area (Å²) in [5.74, 6) is 1.52. The van der Waals surface area contributed by atoms with Gasteiger partial charge in [0.1, 0.15) is 12.0 Å². The highest BCUT2D eigenvalue weighted by atomic mass is 15.2. The van der Waals surface area contributed by atoms with Gasteiger partial charge in [0, 0.05) is 33.0 Å². The van der Waals surface area contributed by atoms with Crippen molar-refractivity contribution in [2.24, 2.45) is 9.98 Å². The second kappa shape index (κ2) is 13.4. The van der Waals surface area contributed by atoms with Crippen molar-refractivity contribution in [2.75, 3.05) is 0 Å². The van der Waals surface area contributed by atoms with Gasteiger partial charge < -0.3 is 9.88 Å². The number of para-hydroxylation sites is 1. The second-order valence-corrected chi connectivity index (χ2v) is 15.9. The second-order valence-electron chi connectivity index (χ2n) is 15.9. The van der Waals surface area contributed by atoms with Gasteiger partial charge >= 0.3 is 0 Å². The molecule has 0 fully saturated rings. The fourth-order valence-electron chi connectivity index (χ4n) is 9.05. The molecule has 0 radical (unpaired) electrons. The molecule has 1 aliphatic carbocycles. The highest BCUT2D eigenvalue weighted by molar-refractivity contribution is 6.13. The summed E-state index contributed by atoms with van der Waals surface area (Å²) in [4.78, 5) is 10.1. The first kappa shape index (κ1) is 34.0. The topological polar surface area (TPSA) is 41.7 Å². The van der Waals surface area contributed by atoms with E-state index in [1.807, 2.05) is 24.3 Å². The van der Waals surface area contributed by atoms with E-state index in [4.69, 9.17) is 9.98 Å². The summed E-state index contributed by atoms with van der Waals surface area (Å²) in [6.07, 6.45) is -0.244. The monoisotopic (exact) mass is 744 g/mol. The van der Waals surface area contributed by atoms with Crippen LogP contribution in [0.15, 0.2) is 204 Å². The minimum absolute atomic E-state index is 0.0246. The van der Waals surface area contributed by atoms with Crippen LogP contribution >= 0.6 is 0 Å². The molecule has 8 aromatic carbocycles. The zero-order chi connectivity index (χ0) is 38.8. The molecule has 11 rings (SSSR count). The molecule has 9 aromatic rings. The first-order valence-corrected chi connectivity index (χ1v) is 20.0. The van der Waals surface area contributed by atoms with Crippen LogP contribution < -0.4 is 5.32 Å². The van der Waals surface area contributed by atoms with Crippen molar-refractivity contribution in [3.8, 4) is 39.1 Å². The fraction of sp³-hybridized carbons (Fsp3) is 0.0741. The molecule has 2 aliphatic rings. The SMILES string of the molecule is CC1(C)c2ccccc2-c2ccc(-c3ccc(-c4ccc5c6ccccc6n(-c6ccc(C7=NC(c8ccccc8)=NC(c8ccccc8)N7)cc6)c5c4)cc3)cc21. The zero-order valence-corrected chi connectivity index (χ0v) is 32.4. The van der Waals surface area contributed by atoms with Crippen molar-refractivity contribution >= 4 is 33.5 Å². The molecule has 0 spiro atoms. The number of nitrogens with zero attached hydrogens (tertiary/aromatic N) is 3. The van der Waals surface area contributed by atoms with Gasteiger partial charge in [0.05, 0.1) is 11.0 Å². The summed E-state index contributed by atoms with van der Waals surface area (Å²) in [5.41, 5.74) is 16.9. The third-order valence-corrected chi connectivity index (χ3v) is 12.1. The van der Waals surface area contributed by atoms with Crippen molar-refractivity contribution in [3.63, 3.8) is 0 Å². The van der Waals surface area contributed by atoms with Crippen molar-refractivity contribution < 1.29 is 0 Å². The minimum Gasteiger partial charge on any atom is -0.344 e. The molecule has 0 bridgehead atoms. The lowest BCUT2D eigenvalue weighted by atomic mass is 9.81. The van der Waals surface area contributed by atoms with E-state index in [-0.39, 0.29) is 11.6 Å². The Morgan fingerprint density at radius 3 is 1.83 bits per heavy atom. The molecule has 276 valence electrons. The van der Waals surface area contributed by atoms with E-state index in [0.717, 1.165) is 34.0 Å². The summed E-state index contributed by atoms with van der Waals surface area (Å²) in [6.45, 7) is 4.68. The number of amidine groups is 2. The fourth-order valence-corrected chi connectivity index (χ4v) is 9.05. The summed E-state index contributed by atoms with van der Waals surface area (Å²) in [6, 6.07) is 69.7. The summed E-state index contributed by atoms with van der Waals surface area (Å²) in [7, 11) is 0. The van der Waals surface area contributed by atoms with Crippen molar-refractivity contribution in [1.29, 1.82) is 0 Å².